The zero-order valence-corrected chi connectivity index (χ0v) is 21.6. The first-order valence-electron chi connectivity index (χ1n) is 12.1. The predicted molar refractivity (Wildman–Crippen MR) is 134 cm³/mol. The molecule has 0 spiro atoms. The van der Waals surface area contributed by atoms with Gasteiger partial charge in [0.1, 0.15) is 12.4 Å². The van der Waals surface area contributed by atoms with Gasteiger partial charge in [0, 0.05) is 32.1 Å². The molecule has 0 aliphatic carbocycles. The van der Waals surface area contributed by atoms with Gasteiger partial charge in [-0.1, -0.05) is 26.0 Å². The number of para-hydroxylation sites is 1. The van der Waals surface area contributed by atoms with E-state index in [-0.39, 0.29) is 17.9 Å². The number of rotatable bonds is 7. The second-order valence-electron chi connectivity index (χ2n) is 9.20. The number of thiazole rings is 1. The van der Waals surface area contributed by atoms with Gasteiger partial charge in [0.25, 0.3) is 5.91 Å². The Hall–Kier alpha value is -2.45. The summed E-state index contributed by atoms with van der Waals surface area (Å²) in [5.41, 5.74) is 1.38. The number of carbonyl (C=O) groups excluding carboxylic acids is 2. The van der Waals surface area contributed by atoms with Gasteiger partial charge in [0.15, 0.2) is 0 Å². The normalized spacial score (nSPS) is 17.7. The van der Waals surface area contributed by atoms with Crippen molar-refractivity contribution in [2.75, 3.05) is 40.0 Å². The number of hydrogen-bond donors (Lipinski definition) is 0. The lowest BCUT2D eigenvalue weighted by atomic mass is 10.0. The maximum atomic E-state index is 13.4. The minimum absolute atomic E-state index is 0.0412. The largest absolute Gasteiger partial charge is 0.491 e. The average Bonchev–Trinajstić information content (AvgIpc) is 3.21. The molecule has 0 fully saturated rings. The quantitative estimate of drug-likeness (QED) is 0.585. The first-order valence-corrected chi connectivity index (χ1v) is 13.0. The van der Waals surface area contributed by atoms with Gasteiger partial charge in [-0.2, -0.15) is 0 Å². The van der Waals surface area contributed by atoms with Gasteiger partial charge in [0.05, 0.1) is 35.3 Å². The molecule has 0 bridgehead atoms. The van der Waals surface area contributed by atoms with Crippen LogP contribution < -0.4 is 4.74 Å². The molecule has 0 unspecified atom stereocenters. The zero-order valence-electron chi connectivity index (χ0n) is 20.8. The number of aromatic nitrogens is 1. The lowest BCUT2D eigenvalue weighted by Gasteiger charge is -2.34. The molecule has 7 nitrogen and oxygen atoms in total. The fourth-order valence-corrected chi connectivity index (χ4v) is 4.93. The summed E-state index contributed by atoms with van der Waals surface area (Å²) in [6.07, 6.45) is 2.76. The Morgan fingerprint density at radius 1 is 1.26 bits per heavy atom. The molecule has 34 heavy (non-hydrogen) atoms. The van der Waals surface area contributed by atoms with Gasteiger partial charge in [-0.3, -0.25) is 9.59 Å². The zero-order chi connectivity index (χ0) is 24.5. The lowest BCUT2D eigenvalue weighted by Crippen LogP contribution is -2.46. The van der Waals surface area contributed by atoms with Crippen LogP contribution >= 0.6 is 11.3 Å². The Morgan fingerprint density at radius 3 is 2.74 bits per heavy atom. The highest BCUT2D eigenvalue weighted by molar-refractivity contribution is 7.09. The number of benzene rings is 1. The van der Waals surface area contributed by atoms with Crippen LogP contribution in [0.15, 0.2) is 29.6 Å². The molecule has 1 aromatic heterocycles. The van der Waals surface area contributed by atoms with E-state index in [1.54, 1.807) is 18.4 Å². The summed E-state index contributed by atoms with van der Waals surface area (Å²) in [6.45, 7) is 8.87. The molecule has 1 aliphatic rings. The maximum Gasteiger partial charge on any atom is 0.257 e. The van der Waals surface area contributed by atoms with E-state index in [2.05, 4.69) is 18.8 Å². The topological polar surface area (TPSA) is 72.0 Å². The van der Waals surface area contributed by atoms with Crippen LogP contribution in [-0.2, 0) is 16.0 Å². The number of amides is 2. The summed E-state index contributed by atoms with van der Waals surface area (Å²) in [5, 5.41) is 2.93. The van der Waals surface area contributed by atoms with E-state index in [1.165, 1.54) is 0 Å². The Kier molecular flexibility index (Phi) is 9.89. The number of ether oxygens (including phenoxy) is 2. The molecule has 1 aromatic carbocycles. The molecule has 1 aliphatic heterocycles. The van der Waals surface area contributed by atoms with Crippen molar-refractivity contribution in [3.63, 3.8) is 0 Å². The average molecular weight is 488 g/mol. The summed E-state index contributed by atoms with van der Waals surface area (Å²) in [7, 11) is 1.64. The molecule has 3 rings (SSSR count). The first kappa shape index (κ1) is 26.2. The third-order valence-corrected chi connectivity index (χ3v) is 6.80. The van der Waals surface area contributed by atoms with Crippen LogP contribution in [0.25, 0.3) is 0 Å². The Morgan fingerprint density at radius 2 is 2.03 bits per heavy atom. The van der Waals surface area contributed by atoms with E-state index in [1.807, 2.05) is 46.4 Å². The minimum Gasteiger partial charge on any atom is -0.491 e. The molecule has 186 valence electrons. The molecule has 2 aromatic rings. The molecule has 2 heterocycles. The van der Waals surface area contributed by atoms with Gasteiger partial charge in [-0.15, -0.1) is 11.3 Å². The monoisotopic (exact) mass is 487 g/mol. The Labute approximate surface area is 207 Å². The van der Waals surface area contributed by atoms with Crippen LogP contribution in [0.4, 0.5) is 0 Å². The third-order valence-electron chi connectivity index (χ3n) is 5.98. The molecule has 0 saturated heterocycles. The molecule has 8 heteroatoms. The molecule has 0 saturated carbocycles. The van der Waals surface area contributed by atoms with Crippen molar-refractivity contribution in [1.29, 1.82) is 0 Å². The van der Waals surface area contributed by atoms with Crippen LogP contribution in [-0.4, -0.2) is 72.6 Å². The molecule has 2 amide bonds. The van der Waals surface area contributed by atoms with Gasteiger partial charge >= 0.3 is 0 Å². The van der Waals surface area contributed by atoms with E-state index in [4.69, 9.17) is 9.47 Å². The number of nitrogens with zero attached hydrogens (tertiary/aromatic N) is 3. The number of methoxy groups -OCH3 is 1. The highest BCUT2D eigenvalue weighted by Crippen LogP contribution is 2.24. The maximum absolute atomic E-state index is 13.4. The van der Waals surface area contributed by atoms with Gasteiger partial charge in [-0.25, -0.2) is 4.98 Å². The van der Waals surface area contributed by atoms with E-state index < -0.39 is 0 Å². The number of carbonyl (C=O) groups is 2. The number of aryl methyl sites for hydroxylation is 1. The van der Waals surface area contributed by atoms with E-state index in [0.29, 0.717) is 56.5 Å². The van der Waals surface area contributed by atoms with Gasteiger partial charge < -0.3 is 19.3 Å². The molecular formula is C26H37N3O4S. The fourth-order valence-electron chi connectivity index (χ4n) is 4.31. The summed E-state index contributed by atoms with van der Waals surface area (Å²) in [5.74, 6) is 1.00. The van der Waals surface area contributed by atoms with Crippen molar-refractivity contribution in [3.8, 4) is 5.75 Å². The van der Waals surface area contributed by atoms with Crippen LogP contribution in [0.5, 0.6) is 5.75 Å². The van der Waals surface area contributed by atoms with Crippen LogP contribution in [0.1, 0.15) is 54.2 Å². The van der Waals surface area contributed by atoms with Crippen molar-refractivity contribution in [1.82, 2.24) is 14.8 Å². The predicted octanol–water partition coefficient (Wildman–Crippen LogP) is 4.20. The standard InChI is InChI=1S/C26H37N3O4S/c1-19(2)15-22-17-33-24-10-6-5-9-23(24)26(31)28(13-14-32-4)11-7-8-12-29(22)25(30)16-21-18-34-20(3)27-21/h5-6,9-10,18-19,22H,7-8,11-17H2,1-4H3/t22-/m0/s1. The van der Waals surface area contributed by atoms with Crippen LogP contribution in [0.3, 0.4) is 0 Å². The highest BCUT2D eigenvalue weighted by atomic mass is 32.1. The third kappa shape index (κ3) is 7.27. The highest BCUT2D eigenvalue weighted by Gasteiger charge is 2.28. The van der Waals surface area contributed by atoms with Crippen molar-refractivity contribution in [2.24, 2.45) is 5.92 Å². The summed E-state index contributed by atoms with van der Waals surface area (Å²) in [4.78, 5) is 35.1. The summed E-state index contributed by atoms with van der Waals surface area (Å²) < 4.78 is 11.5. The van der Waals surface area contributed by atoms with E-state index in [0.717, 1.165) is 30.0 Å². The Bertz CT molecular complexity index is 946. The van der Waals surface area contributed by atoms with Crippen LogP contribution in [0.2, 0.25) is 0 Å². The molecular weight excluding hydrogens is 450 g/mol. The van der Waals surface area contributed by atoms with Crippen molar-refractivity contribution >= 4 is 23.2 Å². The molecule has 1 atom stereocenters. The first-order chi connectivity index (χ1) is 16.4. The Balaban J connectivity index is 1.87. The second kappa shape index (κ2) is 12.9. The summed E-state index contributed by atoms with van der Waals surface area (Å²) >= 11 is 1.57. The van der Waals surface area contributed by atoms with Crippen molar-refractivity contribution in [3.05, 3.63) is 45.9 Å². The van der Waals surface area contributed by atoms with Crippen LogP contribution in [0, 0.1) is 12.8 Å². The summed E-state index contributed by atoms with van der Waals surface area (Å²) in [6, 6.07) is 7.32. The number of fused-ring (bicyclic) bond motifs is 1. The van der Waals surface area contributed by atoms with Crippen molar-refractivity contribution < 1.29 is 19.1 Å². The number of hydrogen-bond acceptors (Lipinski definition) is 6. The van der Waals surface area contributed by atoms with Gasteiger partial charge in [-0.05, 0) is 44.2 Å². The van der Waals surface area contributed by atoms with E-state index in [9.17, 15) is 9.59 Å². The lowest BCUT2D eigenvalue weighted by molar-refractivity contribution is -0.134. The molecule has 0 N–H and O–H groups in total. The van der Waals surface area contributed by atoms with E-state index >= 15 is 0 Å². The SMILES string of the molecule is COCCN1CCCCN(C(=O)Cc2csc(C)n2)[C@@H](CC(C)C)COc2ccccc2C1=O. The smallest absolute Gasteiger partial charge is 0.257 e. The molecule has 0 radical (unpaired) electrons. The fraction of sp³-hybridized carbons (Fsp3) is 0.577. The van der Waals surface area contributed by atoms with Gasteiger partial charge in [0.2, 0.25) is 5.91 Å². The van der Waals surface area contributed by atoms with Crippen molar-refractivity contribution in [2.45, 2.75) is 52.5 Å². The minimum atomic E-state index is -0.0700. The second-order valence-corrected chi connectivity index (χ2v) is 10.3.